The molecule has 2 rings (SSSR count). The van der Waals surface area contributed by atoms with E-state index in [-0.39, 0.29) is 17.5 Å². The summed E-state index contributed by atoms with van der Waals surface area (Å²) < 4.78 is 0. The largest absolute Gasteiger partial charge is 0.351 e. The number of carbonyl (C=O) groups is 2. The van der Waals surface area contributed by atoms with Gasteiger partial charge in [-0.05, 0) is 24.3 Å². The van der Waals surface area contributed by atoms with Crippen molar-refractivity contribution in [1.82, 2.24) is 4.90 Å². The van der Waals surface area contributed by atoms with Gasteiger partial charge >= 0.3 is 0 Å². The molecule has 0 aromatic heterocycles. The molecule has 0 fully saturated rings. The number of carbonyl (C=O) groups excluding carboxylic acids is 2. The maximum Gasteiger partial charge on any atom is 0.277 e. The fourth-order valence-corrected chi connectivity index (χ4v) is 1.47. The van der Waals surface area contributed by atoms with E-state index < -0.39 is 0 Å². The molecule has 1 aliphatic rings. The number of halogens is 1. The van der Waals surface area contributed by atoms with Crippen molar-refractivity contribution in [3.05, 3.63) is 41.1 Å². The quantitative estimate of drug-likeness (QED) is 0.794. The predicted octanol–water partition coefficient (Wildman–Crippen LogP) is 1.63. The zero-order valence-corrected chi connectivity index (χ0v) is 9.28. The second-order valence-corrected chi connectivity index (χ2v) is 3.83. The molecule has 1 aromatic carbocycles. The zero-order valence-electron chi connectivity index (χ0n) is 8.53. The van der Waals surface area contributed by atoms with Gasteiger partial charge in [0.1, 0.15) is 5.70 Å². The fraction of sp³-hybridized carbons (Fsp3) is 0.0909. The van der Waals surface area contributed by atoms with Gasteiger partial charge in [-0.1, -0.05) is 11.6 Å². The highest BCUT2D eigenvalue weighted by atomic mass is 35.5. The lowest BCUT2D eigenvalue weighted by molar-refractivity contribution is -0.135. The van der Waals surface area contributed by atoms with Gasteiger partial charge in [0.15, 0.2) is 0 Å². The van der Waals surface area contributed by atoms with E-state index in [1.54, 1.807) is 24.3 Å². The second-order valence-electron chi connectivity index (χ2n) is 3.39. The summed E-state index contributed by atoms with van der Waals surface area (Å²) in [4.78, 5) is 23.8. The Labute approximate surface area is 97.5 Å². The van der Waals surface area contributed by atoms with Crippen molar-refractivity contribution in [3.63, 3.8) is 0 Å². The number of imide groups is 1. The highest BCUT2D eigenvalue weighted by molar-refractivity contribution is 6.30. The van der Waals surface area contributed by atoms with Crippen LogP contribution in [0.15, 0.2) is 36.0 Å². The van der Waals surface area contributed by atoms with Crippen molar-refractivity contribution in [2.45, 2.75) is 0 Å². The molecule has 5 heteroatoms. The number of nitrogens with one attached hydrogen (secondary N) is 1. The standard InChI is InChI=1S/C11H9ClN2O2/c1-14-10(15)6-9(11(14)16)13-8-4-2-7(12)3-5-8/h2-6,13H,1H3. The van der Waals surface area contributed by atoms with Gasteiger partial charge in [0.25, 0.3) is 11.8 Å². The van der Waals surface area contributed by atoms with Crippen molar-refractivity contribution in [2.24, 2.45) is 0 Å². The van der Waals surface area contributed by atoms with E-state index in [0.29, 0.717) is 10.7 Å². The SMILES string of the molecule is CN1C(=O)C=C(Nc2ccc(Cl)cc2)C1=O. The molecule has 1 N–H and O–H groups in total. The van der Waals surface area contributed by atoms with Crippen LogP contribution in [0.4, 0.5) is 5.69 Å². The summed E-state index contributed by atoms with van der Waals surface area (Å²) in [6, 6.07) is 6.88. The third-order valence-corrected chi connectivity index (χ3v) is 2.51. The number of hydrogen-bond acceptors (Lipinski definition) is 3. The van der Waals surface area contributed by atoms with Crippen LogP contribution in [0, 0.1) is 0 Å². The molecule has 0 aliphatic carbocycles. The Hall–Kier alpha value is -1.81. The molecule has 1 heterocycles. The maximum atomic E-state index is 11.5. The summed E-state index contributed by atoms with van der Waals surface area (Å²) in [5.41, 5.74) is 0.988. The van der Waals surface area contributed by atoms with Crippen LogP contribution in [0.2, 0.25) is 5.02 Å². The lowest BCUT2D eigenvalue weighted by atomic mass is 10.3. The zero-order chi connectivity index (χ0) is 11.7. The topological polar surface area (TPSA) is 49.4 Å². The normalized spacial score (nSPS) is 15.4. The summed E-state index contributed by atoms with van der Waals surface area (Å²) in [5, 5.41) is 3.49. The number of hydrogen-bond donors (Lipinski definition) is 1. The minimum atomic E-state index is -0.333. The van der Waals surface area contributed by atoms with E-state index in [2.05, 4.69) is 5.32 Å². The number of nitrogens with zero attached hydrogens (tertiary/aromatic N) is 1. The van der Waals surface area contributed by atoms with Crippen LogP contribution >= 0.6 is 11.6 Å². The average molecular weight is 237 g/mol. The van der Waals surface area contributed by atoms with Crippen LogP contribution in [-0.4, -0.2) is 23.8 Å². The molecule has 1 aliphatic heterocycles. The van der Waals surface area contributed by atoms with Gasteiger partial charge in [0.05, 0.1) is 0 Å². The first-order valence-corrected chi connectivity index (χ1v) is 5.02. The van der Waals surface area contributed by atoms with Crippen LogP contribution in [-0.2, 0) is 9.59 Å². The first-order valence-electron chi connectivity index (χ1n) is 4.64. The molecule has 0 spiro atoms. The van der Waals surface area contributed by atoms with Crippen LogP contribution in [0.5, 0.6) is 0 Å². The summed E-state index contributed by atoms with van der Waals surface area (Å²) in [6.07, 6.45) is 1.27. The lowest BCUT2D eigenvalue weighted by Crippen LogP contribution is -2.27. The molecule has 82 valence electrons. The number of likely N-dealkylation sites (N-methyl/N-ethyl adjacent to an activating group) is 1. The Morgan fingerprint density at radius 1 is 1.19 bits per heavy atom. The van der Waals surface area contributed by atoms with E-state index in [4.69, 9.17) is 11.6 Å². The van der Waals surface area contributed by atoms with E-state index in [0.717, 1.165) is 4.90 Å². The number of rotatable bonds is 2. The minimum absolute atomic E-state index is 0.273. The molecule has 4 nitrogen and oxygen atoms in total. The molecule has 1 aromatic rings. The maximum absolute atomic E-state index is 11.5. The molecule has 0 radical (unpaired) electrons. The number of benzene rings is 1. The molecule has 0 saturated heterocycles. The molecule has 0 atom stereocenters. The van der Waals surface area contributed by atoms with Crippen molar-refractivity contribution in [3.8, 4) is 0 Å². The van der Waals surface area contributed by atoms with Crippen LogP contribution in [0.3, 0.4) is 0 Å². The smallest absolute Gasteiger partial charge is 0.277 e. The monoisotopic (exact) mass is 236 g/mol. The molecule has 0 unspecified atom stereocenters. The van der Waals surface area contributed by atoms with E-state index in [9.17, 15) is 9.59 Å². The third kappa shape index (κ3) is 1.92. The second kappa shape index (κ2) is 3.98. The van der Waals surface area contributed by atoms with Crippen LogP contribution in [0.25, 0.3) is 0 Å². The average Bonchev–Trinajstić information content (AvgIpc) is 2.50. The summed E-state index contributed by atoms with van der Waals surface area (Å²) >= 11 is 5.73. The summed E-state index contributed by atoms with van der Waals surface area (Å²) in [7, 11) is 1.44. The van der Waals surface area contributed by atoms with Crippen LogP contribution < -0.4 is 5.32 Å². The molecule has 0 bridgehead atoms. The van der Waals surface area contributed by atoms with Crippen molar-refractivity contribution in [2.75, 3.05) is 12.4 Å². The Morgan fingerprint density at radius 3 is 2.31 bits per heavy atom. The van der Waals surface area contributed by atoms with Gasteiger partial charge in [-0.3, -0.25) is 14.5 Å². The van der Waals surface area contributed by atoms with Gasteiger partial charge in [-0.15, -0.1) is 0 Å². The Bertz CT molecular complexity index is 479. The fourth-order valence-electron chi connectivity index (χ4n) is 1.34. The van der Waals surface area contributed by atoms with Gasteiger partial charge in [0.2, 0.25) is 0 Å². The van der Waals surface area contributed by atoms with Crippen LogP contribution in [0.1, 0.15) is 0 Å². The van der Waals surface area contributed by atoms with Gasteiger partial charge in [-0.25, -0.2) is 0 Å². The molecule has 0 saturated carbocycles. The Balaban J connectivity index is 2.17. The highest BCUT2D eigenvalue weighted by Gasteiger charge is 2.27. The first-order chi connectivity index (χ1) is 7.58. The van der Waals surface area contributed by atoms with Crippen molar-refractivity contribution < 1.29 is 9.59 Å². The van der Waals surface area contributed by atoms with Gasteiger partial charge < -0.3 is 5.32 Å². The molecule has 2 amide bonds. The molecular weight excluding hydrogens is 228 g/mol. The Kier molecular flexibility index (Phi) is 2.66. The highest BCUT2D eigenvalue weighted by Crippen LogP contribution is 2.18. The minimum Gasteiger partial charge on any atom is -0.351 e. The molecule has 16 heavy (non-hydrogen) atoms. The van der Waals surface area contributed by atoms with E-state index in [1.807, 2.05) is 0 Å². The number of anilines is 1. The summed E-state index contributed by atoms with van der Waals surface area (Å²) in [5.74, 6) is -0.651. The number of amides is 2. The first kappa shape index (κ1) is 10.7. The van der Waals surface area contributed by atoms with Gasteiger partial charge in [0, 0.05) is 23.8 Å². The predicted molar refractivity (Wildman–Crippen MR) is 60.9 cm³/mol. The van der Waals surface area contributed by atoms with Crippen molar-refractivity contribution in [1.29, 1.82) is 0 Å². The molecular formula is C11H9ClN2O2. The van der Waals surface area contributed by atoms with Crippen molar-refractivity contribution >= 4 is 29.1 Å². The Morgan fingerprint density at radius 2 is 1.81 bits per heavy atom. The van der Waals surface area contributed by atoms with E-state index in [1.165, 1.54) is 13.1 Å². The van der Waals surface area contributed by atoms with Gasteiger partial charge in [-0.2, -0.15) is 0 Å². The lowest BCUT2D eigenvalue weighted by Gasteiger charge is -2.08. The third-order valence-electron chi connectivity index (χ3n) is 2.26. The van der Waals surface area contributed by atoms with E-state index >= 15 is 0 Å². The summed E-state index contributed by atoms with van der Waals surface area (Å²) in [6.45, 7) is 0.